The van der Waals surface area contributed by atoms with Crippen LogP contribution in [0.1, 0.15) is 45.1 Å². The third kappa shape index (κ3) is 4.37. The van der Waals surface area contributed by atoms with Gasteiger partial charge in [-0.15, -0.1) is 0 Å². The number of anilines is 3. The number of rotatable bonds is 6. The molecule has 2 aromatic rings. The van der Waals surface area contributed by atoms with Gasteiger partial charge in [0.1, 0.15) is 11.5 Å². The molecule has 178 valence electrons. The highest BCUT2D eigenvalue weighted by Crippen LogP contribution is 2.40. The Labute approximate surface area is 190 Å². The van der Waals surface area contributed by atoms with Crippen LogP contribution in [0.15, 0.2) is 12.3 Å². The average molecular weight is 463 g/mol. The minimum Gasteiger partial charge on any atom is -0.505 e. The van der Waals surface area contributed by atoms with Gasteiger partial charge in [0.05, 0.1) is 19.3 Å². The van der Waals surface area contributed by atoms with Gasteiger partial charge in [0, 0.05) is 30.4 Å². The molecule has 2 amide bonds. The lowest BCUT2D eigenvalue weighted by atomic mass is 9.93. The van der Waals surface area contributed by atoms with Crippen LogP contribution in [0.5, 0.6) is 11.5 Å². The summed E-state index contributed by atoms with van der Waals surface area (Å²) in [5.74, 6) is -2.77. The number of phenolic OH excluding ortho intramolecular Hbond substituents is 1. The zero-order valence-electron chi connectivity index (χ0n) is 18.5. The van der Waals surface area contributed by atoms with Crippen molar-refractivity contribution in [2.24, 2.45) is 0 Å². The molecule has 4 rings (SSSR count). The number of fused-ring (bicyclic) bond motifs is 1. The number of aliphatic hydroxyl groups excluding tert-OH is 1. The van der Waals surface area contributed by atoms with Crippen LogP contribution in [0, 0.1) is 11.6 Å². The van der Waals surface area contributed by atoms with Crippen molar-refractivity contribution >= 4 is 23.5 Å². The first-order valence-corrected chi connectivity index (χ1v) is 11.1. The molecule has 2 aliphatic rings. The van der Waals surface area contributed by atoms with Gasteiger partial charge < -0.3 is 20.3 Å². The van der Waals surface area contributed by atoms with Gasteiger partial charge in [-0.05, 0) is 39.5 Å². The summed E-state index contributed by atoms with van der Waals surface area (Å²) in [5.41, 5.74) is -0.184. The van der Waals surface area contributed by atoms with Crippen molar-refractivity contribution in [2.45, 2.75) is 58.2 Å². The number of ether oxygens (including phenoxy) is 1. The van der Waals surface area contributed by atoms with Crippen LogP contribution in [0.2, 0.25) is 0 Å². The fourth-order valence-electron chi connectivity index (χ4n) is 4.23. The quantitative estimate of drug-likeness (QED) is 0.601. The van der Waals surface area contributed by atoms with Crippen LogP contribution < -0.4 is 19.9 Å². The molecule has 1 aliphatic carbocycles. The Morgan fingerprint density at radius 2 is 1.94 bits per heavy atom. The number of urea groups is 1. The molecule has 11 heteroatoms. The van der Waals surface area contributed by atoms with Gasteiger partial charge in [0.15, 0.2) is 23.1 Å². The largest absolute Gasteiger partial charge is 0.505 e. The fraction of sp³-hybridized carbons (Fsp3) is 0.500. The lowest BCUT2D eigenvalue weighted by Gasteiger charge is -2.36. The molecule has 1 aliphatic heterocycles. The summed E-state index contributed by atoms with van der Waals surface area (Å²) in [7, 11) is 0. The van der Waals surface area contributed by atoms with E-state index >= 15 is 4.39 Å². The molecule has 1 aromatic heterocycles. The number of hydrogen-bond donors (Lipinski definition) is 3. The Morgan fingerprint density at radius 1 is 1.21 bits per heavy atom. The molecule has 33 heavy (non-hydrogen) atoms. The van der Waals surface area contributed by atoms with E-state index in [1.807, 2.05) is 0 Å². The first kappa shape index (κ1) is 23.0. The van der Waals surface area contributed by atoms with Crippen LogP contribution in [-0.2, 0) is 6.54 Å². The van der Waals surface area contributed by atoms with Crippen LogP contribution >= 0.6 is 0 Å². The van der Waals surface area contributed by atoms with Gasteiger partial charge in [-0.1, -0.05) is 0 Å². The summed E-state index contributed by atoms with van der Waals surface area (Å²) in [4.78, 5) is 24.3. The number of hydrogen-bond acceptors (Lipinski definition) is 7. The topological polar surface area (TPSA) is 111 Å². The Balaban J connectivity index is 1.66. The zero-order valence-corrected chi connectivity index (χ0v) is 18.5. The number of aliphatic hydroxyl groups is 1. The van der Waals surface area contributed by atoms with Crippen molar-refractivity contribution in [3.8, 4) is 11.5 Å². The SMILES string of the molecule is CCOc1cc(O)c(F)c(N2Cc3cnc(NC4CCC(O)CC4)nc3N(CC)C2=O)c1F. The molecule has 9 nitrogen and oxygen atoms in total. The maximum Gasteiger partial charge on any atom is 0.330 e. The van der Waals surface area contributed by atoms with E-state index in [0.717, 1.165) is 23.8 Å². The molecular formula is C22H27F2N5O4. The maximum absolute atomic E-state index is 15.1. The Bertz CT molecular complexity index is 1050. The third-order valence-corrected chi connectivity index (χ3v) is 5.93. The Hall–Kier alpha value is -3.21. The maximum atomic E-state index is 15.1. The number of carbonyl (C=O) groups is 1. The van der Waals surface area contributed by atoms with E-state index in [4.69, 9.17) is 4.74 Å². The summed E-state index contributed by atoms with van der Waals surface area (Å²) < 4.78 is 35.0. The smallest absolute Gasteiger partial charge is 0.330 e. The van der Waals surface area contributed by atoms with Crippen LogP contribution in [0.25, 0.3) is 0 Å². The minimum absolute atomic E-state index is 0.100. The number of aromatic nitrogens is 2. The molecule has 1 saturated carbocycles. The summed E-state index contributed by atoms with van der Waals surface area (Å²) in [6, 6.07) is 0.286. The van der Waals surface area contributed by atoms with Crippen molar-refractivity contribution in [1.29, 1.82) is 0 Å². The summed E-state index contributed by atoms with van der Waals surface area (Å²) in [5, 5.41) is 22.9. The van der Waals surface area contributed by atoms with Crippen molar-refractivity contribution in [3.05, 3.63) is 29.5 Å². The molecule has 0 bridgehead atoms. The molecule has 0 atom stereocenters. The number of amides is 2. The molecule has 1 aromatic carbocycles. The number of carbonyl (C=O) groups excluding carboxylic acids is 1. The number of phenols is 1. The lowest BCUT2D eigenvalue weighted by Crippen LogP contribution is -2.48. The molecule has 0 unspecified atom stereocenters. The number of aromatic hydroxyl groups is 1. The van der Waals surface area contributed by atoms with Crippen molar-refractivity contribution < 1.29 is 28.5 Å². The van der Waals surface area contributed by atoms with E-state index in [0.29, 0.717) is 30.2 Å². The highest BCUT2D eigenvalue weighted by molar-refractivity contribution is 6.05. The van der Waals surface area contributed by atoms with E-state index < -0.39 is 29.1 Å². The number of nitrogens with zero attached hydrogens (tertiary/aromatic N) is 4. The highest BCUT2D eigenvalue weighted by atomic mass is 19.1. The lowest BCUT2D eigenvalue weighted by molar-refractivity contribution is 0.126. The molecule has 0 radical (unpaired) electrons. The van der Waals surface area contributed by atoms with E-state index in [2.05, 4.69) is 15.3 Å². The van der Waals surface area contributed by atoms with Crippen LogP contribution in [-0.4, -0.2) is 51.5 Å². The van der Waals surface area contributed by atoms with Gasteiger partial charge in [-0.3, -0.25) is 9.80 Å². The summed E-state index contributed by atoms with van der Waals surface area (Å²) in [6.45, 7) is 3.48. The van der Waals surface area contributed by atoms with E-state index in [-0.39, 0.29) is 37.6 Å². The number of benzene rings is 1. The Morgan fingerprint density at radius 3 is 2.61 bits per heavy atom. The number of nitrogens with one attached hydrogen (secondary N) is 1. The predicted octanol–water partition coefficient (Wildman–Crippen LogP) is 3.54. The number of halogens is 2. The van der Waals surface area contributed by atoms with Gasteiger partial charge >= 0.3 is 6.03 Å². The first-order chi connectivity index (χ1) is 15.8. The minimum atomic E-state index is -1.25. The second-order valence-electron chi connectivity index (χ2n) is 8.11. The van der Waals surface area contributed by atoms with E-state index in [1.165, 1.54) is 11.1 Å². The van der Waals surface area contributed by atoms with Crippen molar-refractivity contribution in [1.82, 2.24) is 9.97 Å². The van der Waals surface area contributed by atoms with E-state index in [9.17, 15) is 19.4 Å². The Kier molecular flexibility index (Phi) is 6.50. The molecule has 3 N–H and O–H groups in total. The van der Waals surface area contributed by atoms with Gasteiger partial charge in [0.2, 0.25) is 5.95 Å². The predicted molar refractivity (Wildman–Crippen MR) is 118 cm³/mol. The standard InChI is InChI=1S/C22H27F2N5O4/c1-3-28-20-12(10-25-21(27-20)26-13-5-7-14(30)8-6-13)11-29(22(28)32)19-17(23)15(31)9-16(18(19)24)33-4-2/h9-10,13-14,30-31H,3-8,11H2,1-2H3,(H,25,26,27). The van der Waals surface area contributed by atoms with Gasteiger partial charge in [-0.25, -0.2) is 18.6 Å². The fourth-order valence-corrected chi connectivity index (χ4v) is 4.23. The van der Waals surface area contributed by atoms with Crippen molar-refractivity contribution in [3.63, 3.8) is 0 Å². The molecule has 2 heterocycles. The molecule has 0 saturated heterocycles. The average Bonchev–Trinajstić information content (AvgIpc) is 2.80. The first-order valence-electron chi connectivity index (χ1n) is 11.1. The van der Waals surface area contributed by atoms with E-state index in [1.54, 1.807) is 13.8 Å². The van der Waals surface area contributed by atoms with Gasteiger partial charge in [-0.2, -0.15) is 4.98 Å². The molecular weight excluding hydrogens is 436 g/mol. The zero-order chi connectivity index (χ0) is 23.7. The van der Waals surface area contributed by atoms with Crippen LogP contribution in [0.4, 0.5) is 31.0 Å². The highest BCUT2D eigenvalue weighted by Gasteiger charge is 2.37. The van der Waals surface area contributed by atoms with Crippen molar-refractivity contribution in [2.75, 3.05) is 28.3 Å². The second kappa shape index (κ2) is 9.34. The van der Waals surface area contributed by atoms with Crippen LogP contribution in [0.3, 0.4) is 0 Å². The molecule has 0 spiro atoms. The third-order valence-electron chi connectivity index (χ3n) is 5.93. The molecule has 1 fully saturated rings. The van der Waals surface area contributed by atoms with Gasteiger partial charge in [0.25, 0.3) is 0 Å². The monoisotopic (exact) mass is 463 g/mol. The summed E-state index contributed by atoms with van der Waals surface area (Å²) >= 11 is 0. The second-order valence-corrected chi connectivity index (χ2v) is 8.11. The normalized spacial score (nSPS) is 20.6. The summed E-state index contributed by atoms with van der Waals surface area (Å²) in [6.07, 6.45) is 4.19.